The largest absolute Gasteiger partial charge is 0.390 e. The van der Waals surface area contributed by atoms with Crippen LogP contribution in [-0.2, 0) is 26.3 Å². The topological polar surface area (TPSA) is 131 Å². The highest BCUT2D eigenvalue weighted by Crippen LogP contribution is 2.75. The number of hydrogen-bond donors (Lipinski definition) is 4. The van der Waals surface area contributed by atoms with Crippen molar-refractivity contribution in [3.8, 4) is 0 Å². The lowest BCUT2D eigenvalue weighted by Gasteiger charge is -2.42. The smallest absolute Gasteiger partial charge is 0.266 e. The predicted molar refractivity (Wildman–Crippen MR) is 101 cm³/mol. The molecule has 0 bridgehead atoms. The molecule has 0 saturated carbocycles. The summed E-state index contributed by atoms with van der Waals surface area (Å²) >= 11 is 0. The first kappa shape index (κ1) is 18.7. The van der Waals surface area contributed by atoms with E-state index in [1.54, 1.807) is 27.0 Å². The maximum Gasteiger partial charge on any atom is 0.266 e. The number of anilines is 1. The molecule has 3 fully saturated rings. The molecule has 6 rings (SSSR count). The molecule has 5 aliphatic rings. The summed E-state index contributed by atoms with van der Waals surface area (Å²) in [6.45, 7) is 4.63. The minimum atomic E-state index is -2.91. The van der Waals surface area contributed by atoms with E-state index < -0.39 is 58.0 Å². The predicted octanol–water partition coefficient (Wildman–Crippen LogP) is -1.20. The highest BCUT2D eigenvalue weighted by molar-refractivity contribution is 6.09. The van der Waals surface area contributed by atoms with Crippen LogP contribution in [0, 0.1) is 11.8 Å². The molecule has 1 spiro atoms. The second-order valence-electron chi connectivity index (χ2n) is 9.91. The van der Waals surface area contributed by atoms with Crippen LogP contribution in [0.1, 0.15) is 31.9 Å². The maximum absolute atomic E-state index is 13.7. The van der Waals surface area contributed by atoms with Gasteiger partial charge in [0, 0.05) is 18.2 Å². The van der Waals surface area contributed by atoms with Gasteiger partial charge < -0.3 is 35.0 Å². The number of hydrogen-bond acceptors (Lipinski definition) is 7. The van der Waals surface area contributed by atoms with Gasteiger partial charge in [0.2, 0.25) is 11.3 Å². The van der Waals surface area contributed by atoms with Crippen LogP contribution in [-0.4, -0.2) is 72.9 Å². The third-order valence-corrected chi connectivity index (χ3v) is 8.48. The standard InChI is InChI=1S/C21H24N2O7/c1-9(24)19(27)16(26)23-17(2,3)11-8-10-6-5-7-12-13(10)18(15(25)22(12)4)14(11)20(23,28)21(19,29)30-18/h5-7,9,11,14,24,27-29H,8H2,1-4H3. The van der Waals surface area contributed by atoms with Crippen LogP contribution >= 0.6 is 0 Å². The Bertz CT molecular complexity index is 1070. The first-order valence-electron chi connectivity index (χ1n) is 10.1. The van der Waals surface area contributed by atoms with Gasteiger partial charge in [-0.25, -0.2) is 0 Å². The third kappa shape index (κ3) is 1.34. The molecule has 0 radical (unpaired) electrons. The lowest BCUT2D eigenvalue weighted by Crippen LogP contribution is -2.67. The number of benzene rings is 1. The van der Waals surface area contributed by atoms with Crippen LogP contribution in [0.5, 0.6) is 0 Å². The molecule has 160 valence electrons. The highest BCUT2D eigenvalue weighted by Gasteiger charge is 2.95. The van der Waals surface area contributed by atoms with E-state index >= 15 is 0 Å². The average Bonchev–Trinajstić information content (AvgIpc) is 3.16. The number of ether oxygens (including phenoxy) is 1. The molecule has 1 aromatic rings. The quantitative estimate of drug-likeness (QED) is 0.452. The van der Waals surface area contributed by atoms with Crippen LogP contribution in [0.3, 0.4) is 0 Å². The van der Waals surface area contributed by atoms with Crippen LogP contribution in [0.2, 0.25) is 0 Å². The highest BCUT2D eigenvalue weighted by atomic mass is 16.7. The summed E-state index contributed by atoms with van der Waals surface area (Å²) in [4.78, 5) is 29.5. The van der Waals surface area contributed by atoms with Gasteiger partial charge in [-0.15, -0.1) is 0 Å². The Labute approximate surface area is 172 Å². The minimum Gasteiger partial charge on any atom is -0.390 e. The van der Waals surface area contributed by atoms with Gasteiger partial charge in [0.05, 0.1) is 17.7 Å². The van der Waals surface area contributed by atoms with Crippen molar-refractivity contribution in [3.05, 3.63) is 29.3 Å². The number of carbonyl (C=O) groups excluding carboxylic acids is 2. The Balaban J connectivity index is 1.76. The van der Waals surface area contributed by atoms with Gasteiger partial charge >= 0.3 is 0 Å². The number of nitrogens with zero attached hydrogens (tertiary/aromatic N) is 2. The van der Waals surface area contributed by atoms with Gasteiger partial charge in [0.25, 0.3) is 17.6 Å². The van der Waals surface area contributed by atoms with E-state index in [4.69, 9.17) is 4.74 Å². The summed E-state index contributed by atoms with van der Waals surface area (Å²) in [7, 11) is 1.59. The van der Waals surface area contributed by atoms with Crippen molar-refractivity contribution >= 4 is 17.5 Å². The van der Waals surface area contributed by atoms with Crippen molar-refractivity contribution < 1.29 is 34.8 Å². The van der Waals surface area contributed by atoms with Gasteiger partial charge in [-0.05, 0) is 44.7 Å². The third-order valence-electron chi connectivity index (χ3n) is 8.48. The number of rotatable bonds is 1. The summed E-state index contributed by atoms with van der Waals surface area (Å²) in [5.41, 5.74) is -6.05. The Morgan fingerprint density at radius 2 is 1.83 bits per heavy atom. The molecular weight excluding hydrogens is 392 g/mol. The molecule has 4 N–H and O–H groups in total. The van der Waals surface area contributed by atoms with E-state index in [2.05, 4.69) is 0 Å². The Kier molecular flexibility index (Phi) is 2.86. The summed E-state index contributed by atoms with van der Waals surface area (Å²) in [6, 6.07) is 5.48. The van der Waals surface area contributed by atoms with E-state index in [1.165, 1.54) is 4.90 Å². The minimum absolute atomic E-state index is 0.433. The van der Waals surface area contributed by atoms with Crippen molar-refractivity contribution in [1.29, 1.82) is 0 Å². The molecule has 7 atom stereocenters. The molecule has 4 aliphatic heterocycles. The van der Waals surface area contributed by atoms with E-state index in [-0.39, 0.29) is 0 Å². The molecule has 3 saturated heterocycles. The summed E-state index contributed by atoms with van der Waals surface area (Å²) in [5, 5.41) is 45.5. The molecule has 7 unspecified atom stereocenters. The number of amides is 2. The first-order valence-corrected chi connectivity index (χ1v) is 10.1. The van der Waals surface area contributed by atoms with Gasteiger partial charge in [0.15, 0.2) is 5.60 Å². The van der Waals surface area contributed by atoms with Crippen LogP contribution < -0.4 is 4.90 Å². The van der Waals surface area contributed by atoms with E-state index in [0.717, 1.165) is 17.4 Å². The molecule has 9 nitrogen and oxygen atoms in total. The lowest BCUT2D eigenvalue weighted by atomic mass is 9.61. The Morgan fingerprint density at radius 1 is 1.17 bits per heavy atom. The van der Waals surface area contributed by atoms with Crippen LogP contribution in [0.25, 0.3) is 0 Å². The van der Waals surface area contributed by atoms with E-state index in [9.17, 15) is 30.0 Å². The average molecular weight is 416 g/mol. The molecule has 0 aromatic heterocycles. The molecule has 30 heavy (non-hydrogen) atoms. The van der Waals surface area contributed by atoms with E-state index in [1.807, 2.05) is 12.1 Å². The van der Waals surface area contributed by atoms with Crippen molar-refractivity contribution in [3.63, 3.8) is 0 Å². The summed E-state index contributed by atoms with van der Waals surface area (Å²) in [5.74, 6) is -5.85. The first-order chi connectivity index (χ1) is 13.8. The Morgan fingerprint density at radius 3 is 2.47 bits per heavy atom. The van der Waals surface area contributed by atoms with Crippen molar-refractivity contribution in [2.45, 2.75) is 61.5 Å². The molecule has 2 amide bonds. The number of carbonyl (C=O) groups is 2. The fourth-order valence-electron chi connectivity index (χ4n) is 7.20. The molecule has 1 aromatic carbocycles. The van der Waals surface area contributed by atoms with Crippen molar-refractivity contribution in [1.82, 2.24) is 4.90 Å². The second kappa shape index (κ2) is 4.58. The molecule has 4 heterocycles. The summed E-state index contributed by atoms with van der Waals surface area (Å²) in [6.07, 6.45) is -1.30. The number of likely N-dealkylation sites (N-methyl/N-ethyl adjacent to an activating group) is 1. The molecular formula is C21H24N2O7. The second-order valence-corrected chi connectivity index (χ2v) is 9.91. The fraction of sp³-hybridized carbons (Fsp3) is 0.619. The van der Waals surface area contributed by atoms with Gasteiger partial charge in [-0.3, -0.25) is 9.59 Å². The van der Waals surface area contributed by atoms with E-state index in [0.29, 0.717) is 17.7 Å². The molecule has 1 aliphatic carbocycles. The zero-order valence-electron chi connectivity index (χ0n) is 17.1. The zero-order chi connectivity index (χ0) is 21.8. The van der Waals surface area contributed by atoms with Crippen molar-refractivity contribution in [2.75, 3.05) is 11.9 Å². The van der Waals surface area contributed by atoms with Crippen LogP contribution in [0.15, 0.2) is 18.2 Å². The Hall–Kier alpha value is -2.04. The van der Waals surface area contributed by atoms with Gasteiger partial charge in [-0.1, -0.05) is 12.1 Å². The fourth-order valence-corrected chi connectivity index (χ4v) is 7.20. The molecule has 9 heteroatoms. The lowest BCUT2D eigenvalue weighted by molar-refractivity contribution is -0.346. The van der Waals surface area contributed by atoms with Gasteiger partial charge in [-0.2, -0.15) is 0 Å². The van der Waals surface area contributed by atoms with Crippen molar-refractivity contribution in [2.24, 2.45) is 11.8 Å². The number of aliphatic hydroxyl groups excluding tert-OH is 1. The number of aliphatic hydroxyl groups is 4. The normalized spacial score (nSPS) is 47.7. The monoisotopic (exact) mass is 416 g/mol. The zero-order valence-corrected chi connectivity index (χ0v) is 17.1. The van der Waals surface area contributed by atoms with Gasteiger partial charge in [0.1, 0.15) is 0 Å². The SMILES string of the molecule is CC(O)C1(O)C(=O)N2C(C)(C)C3Cc4cccc5c4C4(OC1(O)C2(O)C34)C(=O)N5C. The van der Waals surface area contributed by atoms with Crippen LogP contribution in [0.4, 0.5) is 5.69 Å². The maximum atomic E-state index is 13.7. The summed E-state index contributed by atoms with van der Waals surface area (Å²) < 4.78 is 6.06.